The number of H-pyrrole nitrogens is 1. The first-order valence-corrected chi connectivity index (χ1v) is 9.67. The van der Waals surface area contributed by atoms with E-state index in [9.17, 15) is 0 Å². The van der Waals surface area contributed by atoms with Crippen LogP contribution < -0.4 is 10.8 Å². The maximum Gasteiger partial charge on any atom is 0.157 e. The summed E-state index contributed by atoms with van der Waals surface area (Å²) in [6.45, 7) is 1.61. The quantitative estimate of drug-likeness (QED) is 0.784. The Bertz CT molecular complexity index is 818. The minimum Gasteiger partial charge on any atom is -0.381 e. The van der Waals surface area contributed by atoms with Gasteiger partial charge in [-0.1, -0.05) is 19.3 Å². The van der Waals surface area contributed by atoms with Crippen molar-refractivity contribution in [1.29, 1.82) is 0 Å². The molecule has 0 amide bonds. The highest BCUT2D eigenvalue weighted by Crippen LogP contribution is 2.40. The molecule has 3 aliphatic rings. The van der Waals surface area contributed by atoms with Crippen LogP contribution in [0.3, 0.4) is 0 Å². The summed E-state index contributed by atoms with van der Waals surface area (Å²) in [6.07, 6.45) is 13.9. The van der Waals surface area contributed by atoms with Gasteiger partial charge in [-0.3, -0.25) is 15.4 Å². The van der Waals surface area contributed by atoms with E-state index in [0.29, 0.717) is 6.04 Å². The monoisotopic (exact) mass is 355 g/mol. The van der Waals surface area contributed by atoms with E-state index in [-0.39, 0.29) is 5.60 Å². The van der Waals surface area contributed by atoms with Crippen LogP contribution in [0.5, 0.6) is 0 Å². The number of nitrogens with one attached hydrogen (secondary N) is 3. The number of pyridine rings is 1. The van der Waals surface area contributed by atoms with E-state index >= 15 is 0 Å². The van der Waals surface area contributed by atoms with Crippen LogP contribution >= 0.6 is 0 Å². The number of aromatic nitrogens is 3. The van der Waals surface area contributed by atoms with Crippen LogP contribution in [0.15, 0.2) is 18.5 Å². The van der Waals surface area contributed by atoms with Gasteiger partial charge in [0.25, 0.3) is 0 Å². The third-order valence-electron chi connectivity index (χ3n) is 5.81. The van der Waals surface area contributed by atoms with E-state index in [0.717, 1.165) is 66.9 Å². The highest BCUT2D eigenvalue weighted by atomic mass is 16.7. The molecular formula is C19H25N5O2. The molecule has 2 fully saturated rings. The standard InChI is InChI=1S/C19H25N5O2/c1-2-6-19(7-3-1)10-16(24-26-19)14-11-20-18-15(12-21-23-18)17(14)22-13-4-8-25-9-5-13/h10-13,24H,1-9H2,(H2,20,21,22,23). The number of nitrogens with zero attached hydrogens (tertiary/aromatic N) is 2. The zero-order chi connectivity index (χ0) is 17.4. The van der Waals surface area contributed by atoms with Gasteiger partial charge in [0.2, 0.25) is 0 Å². The van der Waals surface area contributed by atoms with Crippen molar-refractivity contribution in [3.05, 3.63) is 24.0 Å². The smallest absolute Gasteiger partial charge is 0.157 e. The molecule has 4 heterocycles. The molecule has 2 aromatic rings. The van der Waals surface area contributed by atoms with Crippen molar-refractivity contribution in [2.24, 2.45) is 0 Å². The Labute approximate surface area is 152 Å². The van der Waals surface area contributed by atoms with Gasteiger partial charge < -0.3 is 10.1 Å². The average molecular weight is 355 g/mol. The van der Waals surface area contributed by atoms with E-state index in [1.165, 1.54) is 19.3 Å². The summed E-state index contributed by atoms with van der Waals surface area (Å²) >= 11 is 0. The van der Waals surface area contributed by atoms with Crippen molar-refractivity contribution in [3.8, 4) is 0 Å². The van der Waals surface area contributed by atoms with Crippen LogP contribution in [0.4, 0.5) is 5.69 Å². The highest BCUT2D eigenvalue weighted by Gasteiger charge is 2.37. The van der Waals surface area contributed by atoms with E-state index in [4.69, 9.17) is 9.57 Å². The molecule has 7 heteroatoms. The second-order valence-electron chi connectivity index (χ2n) is 7.60. The van der Waals surface area contributed by atoms with E-state index in [1.807, 2.05) is 12.4 Å². The Morgan fingerprint density at radius 3 is 2.81 bits per heavy atom. The number of hydrogen-bond acceptors (Lipinski definition) is 6. The molecule has 2 aromatic heterocycles. The number of hydrogen-bond donors (Lipinski definition) is 3. The summed E-state index contributed by atoms with van der Waals surface area (Å²) in [5.74, 6) is 0. The molecule has 0 aromatic carbocycles. The summed E-state index contributed by atoms with van der Waals surface area (Å²) < 4.78 is 5.50. The summed E-state index contributed by atoms with van der Waals surface area (Å²) in [4.78, 5) is 10.6. The lowest BCUT2D eigenvalue weighted by molar-refractivity contribution is -0.0557. The Balaban J connectivity index is 1.52. The predicted octanol–water partition coefficient (Wildman–Crippen LogP) is 3.13. The number of aromatic amines is 1. The molecule has 5 rings (SSSR count). The fourth-order valence-electron chi connectivity index (χ4n) is 4.31. The van der Waals surface area contributed by atoms with E-state index < -0.39 is 0 Å². The van der Waals surface area contributed by atoms with Crippen molar-refractivity contribution in [3.63, 3.8) is 0 Å². The van der Waals surface area contributed by atoms with Gasteiger partial charge in [0.1, 0.15) is 5.60 Å². The van der Waals surface area contributed by atoms with Crippen LogP contribution in [0.25, 0.3) is 16.7 Å². The number of hydroxylamine groups is 1. The van der Waals surface area contributed by atoms with Gasteiger partial charge in [-0.2, -0.15) is 5.10 Å². The molecule has 7 nitrogen and oxygen atoms in total. The maximum atomic E-state index is 6.05. The van der Waals surface area contributed by atoms with Crippen LogP contribution in [-0.4, -0.2) is 40.0 Å². The lowest BCUT2D eigenvalue weighted by Crippen LogP contribution is -2.31. The zero-order valence-corrected chi connectivity index (χ0v) is 14.9. The summed E-state index contributed by atoms with van der Waals surface area (Å²) in [5.41, 5.74) is 6.97. The molecule has 3 N–H and O–H groups in total. The molecule has 26 heavy (non-hydrogen) atoms. The molecule has 0 radical (unpaired) electrons. The second-order valence-corrected chi connectivity index (χ2v) is 7.60. The number of fused-ring (bicyclic) bond motifs is 1. The molecule has 138 valence electrons. The summed E-state index contributed by atoms with van der Waals surface area (Å²) in [5, 5.41) is 11.9. The first kappa shape index (κ1) is 16.1. The normalized spacial score (nSPS) is 23.2. The number of ether oxygens (including phenoxy) is 1. The van der Waals surface area contributed by atoms with Gasteiger partial charge in [0, 0.05) is 31.0 Å². The van der Waals surface area contributed by atoms with Crippen molar-refractivity contribution < 1.29 is 9.57 Å². The van der Waals surface area contributed by atoms with Crippen LogP contribution in [0.2, 0.25) is 0 Å². The van der Waals surface area contributed by atoms with Crippen molar-refractivity contribution in [1.82, 2.24) is 20.7 Å². The number of anilines is 1. The van der Waals surface area contributed by atoms with Gasteiger partial charge >= 0.3 is 0 Å². The number of rotatable bonds is 3. The Kier molecular flexibility index (Phi) is 4.05. The third kappa shape index (κ3) is 2.85. The lowest BCUT2D eigenvalue weighted by atomic mass is 9.84. The Hall–Kier alpha value is -2.12. The van der Waals surface area contributed by atoms with Crippen molar-refractivity contribution in [2.45, 2.75) is 56.6 Å². The zero-order valence-electron chi connectivity index (χ0n) is 14.9. The fraction of sp³-hybridized carbons (Fsp3) is 0.579. The predicted molar refractivity (Wildman–Crippen MR) is 99.4 cm³/mol. The molecular weight excluding hydrogens is 330 g/mol. The molecule has 1 aliphatic carbocycles. The molecule has 1 spiro atoms. The second kappa shape index (κ2) is 6.55. The molecule has 1 saturated carbocycles. The van der Waals surface area contributed by atoms with Gasteiger partial charge in [-0.15, -0.1) is 0 Å². The minimum absolute atomic E-state index is 0.158. The van der Waals surface area contributed by atoms with Crippen LogP contribution in [-0.2, 0) is 9.57 Å². The highest BCUT2D eigenvalue weighted by molar-refractivity contribution is 5.95. The lowest BCUT2D eigenvalue weighted by Gasteiger charge is -2.29. The first-order valence-electron chi connectivity index (χ1n) is 9.67. The van der Waals surface area contributed by atoms with Gasteiger partial charge in [0.15, 0.2) is 5.65 Å². The molecule has 0 atom stereocenters. The molecule has 1 saturated heterocycles. The largest absolute Gasteiger partial charge is 0.381 e. The fourth-order valence-corrected chi connectivity index (χ4v) is 4.31. The van der Waals surface area contributed by atoms with Gasteiger partial charge in [0.05, 0.1) is 23.0 Å². The topological polar surface area (TPSA) is 84.1 Å². The van der Waals surface area contributed by atoms with Gasteiger partial charge in [-0.05, 0) is 31.8 Å². The molecule has 0 unspecified atom stereocenters. The summed E-state index contributed by atoms with van der Waals surface area (Å²) in [6, 6.07) is 0.398. The van der Waals surface area contributed by atoms with E-state index in [1.54, 1.807) is 0 Å². The average Bonchev–Trinajstić information content (AvgIpc) is 3.31. The Morgan fingerprint density at radius 1 is 1.12 bits per heavy atom. The Morgan fingerprint density at radius 2 is 1.96 bits per heavy atom. The maximum absolute atomic E-state index is 6.05. The van der Waals surface area contributed by atoms with Gasteiger partial charge in [-0.25, -0.2) is 4.98 Å². The SMILES string of the molecule is C1=C(c2cnc3[nH]ncc3c2NC2CCOCC2)NOC12CCCCC2. The van der Waals surface area contributed by atoms with Crippen LogP contribution in [0, 0.1) is 0 Å². The molecule has 0 bridgehead atoms. The minimum atomic E-state index is -0.158. The first-order chi connectivity index (χ1) is 12.8. The summed E-state index contributed by atoms with van der Waals surface area (Å²) in [7, 11) is 0. The van der Waals surface area contributed by atoms with Crippen molar-refractivity contribution in [2.75, 3.05) is 18.5 Å². The molecule has 2 aliphatic heterocycles. The van der Waals surface area contributed by atoms with E-state index in [2.05, 4.69) is 32.1 Å². The van der Waals surface area contributed by atoms with Crippen molar-refractivity contribution >= 4 is 22.4 Å². The third-order valence-corrected chi connectivity index (χ3v) is 5.81. The van der Waals surface area contributed by atoms with Crippen LogP contribution in [0.1, 0.15) is 50.5 Å².